The largest absolute Gasteiger partial charge is 0.497 e. The molecule has 1 aromatic carbocycles. The van der Waals surface area contributed by atoms with E-state index in [2.05, 4.69) is 10.5 Å². The summed E-state index contributed by atoms with van der Waals surface area (Å²) in [5.41, 5.74) is 4.95. The fraction of sp³-hybridized carbons (Fsp3) is 0.467. The third-order valence-corrected chi connectivity index (χ3v) is 4.18. The van der Waals surface area contributed by atoms with Crippen LogP contribution in [-0.2, 0) is 10.5 Å². The van der Waals surface area contributed by atoms with Crippen molar-refractivity contribution in [3.63, 3.8) is 0 Å². The van der Waals surface area contributed by atoms with Gasteiger partial charge in [0.1, 0.15) is 5.75 Å². The molecule has 5 heteroatoms. The third kappa shape index (κ3) is 4.89. The first-order valence-corrected chi connectivity index (χ1v) is 7.98. The van der Waals surface area contributed by atoms with Gasteiger partial charge in [0.15, 0.2) is 0 Å². The van der Waals surface area contributed by atoms with Crippen molar-refractivity contribution in [2.45, 2.75) is 31.4 Å². The molecule has 20 heavy (non-hydrogen) atoms. The Morgan fingerprint density at radius 3 is 2.65 bits per heavy atom. The van der Waals surface area contributed by atoms with E-state index in [0.29, 0.717) is 5.75 Å². The van der Waals surface area contributed by atoms with Gasteiger partial charge in [-0.05, 0) is 43.4 Å². The van der Waals surface area contributed by atoms with Gasteiger partial charge in [-0.3, -0.25) is 4.79 Å². The lowest BCUT2D eigenvalue weighted by Gasteiger charge is -2.04. The van der Waals surface area contributed by atoms with Crippen LogP contribution in [0.3, 0.4) is 0 Å². The van der Waals surface area contributed by atoms with Gasteiger partial charge in [-0.25, -0.2) is 5.43 Å². The molecular weight excluding hydrogens is 272 g/mol. The molecule has 1 amide bonds. The quantitative estimate of drug-likeness (QED) is 0.820. The Morgan fingerprint density at radius 2 is 2.00 bits per heavy atom. The van der Waals surface area contributed by atoms with Crippen LogP contribution in [0.25, 0.3) is 0 Å². The molecule has 1 saturated carbocycles. The second-order valence-electron chi connectivity index (χ2n) is 4.76. The molecule has 0 spiro atoms. The van der Waals surface area contributed by atoms with Gasteiger partial charge in [0, 0.05) is 11.5 Å². The standard InChI is InChI=1S/C15H20N2O2S/c1-19-14-8-6-12(7-9-14)10-20-11-15(18)17-16-13-4-2-3-5-13/h6-9H,2-5,10-11H2,1H3,(H,17,18). The maximum absolute atomic E-state index is 11.6. The fourth-order valence-corrected chi connectivity index (χ4v) is 2.83. The van der Waals surface area contributed by atoms with Crippen LogP contribution in [0.15, 0.2) is 29.4 Å². The van der Waals surface area contributed by atoms with E-state index in [1.54, 1.807) is 18.9 Å². The topological polar surface area (TPSA) is 50.7 Å². The maximum atomic E-state index is 11.6. The molecule has 0 heterocycles. The Labute approximate surface area is 124 Å². The minimum absolute atomic E-state index is 0.0251. The molecule has 0 atom stereocenters. The summed E-state index contributed by atoms with van der Waals surface area (Å²) in [5.74, 6) is 2.07. The second kappa shape index (κ2) is 7.94. The van der Waals surface area contributed by atoms with Crippen LogP contribution >= 0.6 is 11.8 Å². The van der Waals surface area contributed by atoms with E-state index in [4.69, 9.17) is 4.74 Å². The van der Waals surface area contributed by atoms with E-state index in [-0.39, 0.29) is 5.91 Å². The molecule has 0 aliphatic heterocycles. The van der Waals surface area contributed by atoms with Crippen molar-refractivity contribution in [1.82, 2.24) is 5.43 Å². The molecule has 0 radical (unpaired) electrons. The zero-order valence-electron chi connectivity index (χ0n) is 11.7. The van der Waals surface area contributed by atoms with Gasteiger partial charge in [-0.1, -0.05) is 12.1 Å². The number of carbonyl (C=O) groups excluding carboxylic acids is 1. The highest BCUT2D eigenvalue weighted by Gasteiger charge is 2.08. The van der Waals surface area contributed by atoms with E-state index >= 15 is 0 Å². The first kappa shape index (κ1) is 14.9. The van der Waals surface area contributed by atoms with Crippen LogP contribution in [0.4, 0.5) is 0 Å². The van der Waals surface area contributed by atoms with Gasteiger partial charge in [0.05, 0.1) is 12.9 Å². The number of hydrazone groups is 1. The minimum atomic E-state index is -0.0251. The van der Waals surface area contributed by atoms with Crippen molar-refractivity contribution in [2.75, 3.05) is 12.9 Å². The number of amides is 1. The van der Waals surface area contributed by atoms with Crippen LogP contribution in [0.2, 0.25) is 0 Å². The van der Waals surface area contributed by atoms with E-state index in [9.17, 15) is 4.79 Å². The first-order valence-electron chi connectivity index (χ1n) is 6.83. The molecule has 1 N–H and O–H groups in total. The smallest absolute Gasteiger partial charge is 0.250 e. The van der Waals surface area contributed by atoms with Gasteiger partial charge in [-0.2, -0.15) is 5.10 Å². The summed E-state index contributed by atoms with van der Waals surface area (Å²) in [5, 5.41) is 4.16. The molecule has 1 aliphatic carbocycles. The average molecular weight is 292 g/mol. The number of rotatable bonds is 6. The molecular formula is C15H20N2O2S. The van der Waals surface area contributed by atoms with E-state index in [1.165, 1.54) is 18.4 Å². The molecule has 0 saturated heterocycles. The summed E-state index contributed by atoms with van der Waals surface area (Å²) in [6, 6.07) is 7.90. The minimum Gasteiger partial charge on any atom is -0.497 e. The lowest BCUT2D eigenvalue weighted by atomic mass is 10.2. The van der Waals surface area contributed by atoms with Crippen LogP contribution in [0, 0.1) is 0 Å². The number of methoxy groups -OCH3 is 1. The van der Waals surface area contributed by atoms with Crippen molar-refractivity contribution in [3.8, 4) is 5.75 Å². The monoisotopic (exact) mass is 292 g/mol. The van der Waals surface area contributed by atoms with Crippen LogP contribution in [0.1, 0.15) is 31.2 Å². The van der Waals surface area contributed by atoms with Crippen molar-refractivity contribution in [3.05, 3.63) is 29.8 Å². The summed E-state index contributed by atoms with van der Waals surface area (Å²) in [4.78, 5) is 11.6. The van der Waals surface area contributed by atoms with Gasteiger partial charge in [0.2, 0.25) is 5.91 Å². The van der Waals surface area contributed by atoms with Crippen molar-refractivity contribution in [1.29, 1.82) is 0 Å². The summed E-state index contributed by atoms with van der Waals surface area (Å²) < 4.78 is 5.11. The zero-order chi connectivity index (χ0) is 14.2. The molecule has 2 rings (SSSR count). The normalized spacial score (nSPS) is 14.2. The summed E-state index contributed by atoms with van der Waals surface area (Å²) >= 11 is 1.59. The van der Waals surface area contributed by atoms with Crippen molar-refractivity contribution < 1.29 is 9.53 Å². The molecule has 0 unspecified atom stereocenters. The molecule has 4 nitrogen and oxygen atoms in total. The molecule has 0 aromatic heterocycles. The number of hydrogen-bond acceptors (Lipinski definition) is 4. The van der Waals surface area contributed by atoms with Gasteiger partial charge in [0.25, 0.3) is 0 Å². The van der Waals surface area contributed by atoms with Gasteiger partial charge >= 0.3 is 0 Å². The number of carbonyl (C=O) groups is 1. The van der Waals surface area contributed by atoms with E-state index < -0.39 is 0 Å². The zero-order valence-corrected chi connectivity index (χ0v) is 12.5. The third-order valence-electron chi connectivity index (χ3n) is 3.18. The SMILES string of the molecule is COc1ccc(CSCC(=O)NN=C2CCCC2)cc1. The van der Waals surface area contributed by atoms with Crippen molar-refractivity contribution >= 4 is 23.4 Å². The van der Waals surface area contributed by atoms with E-state index in [0.717, 1.165) is 30.1 Å². The lowest BCUT2D eigenvalue weighted by Crippen LogP contribution is -2.21. The Kier molecular flexibility index (Phi) is 5.92. The Balaban J connectivity index is 1.66. The predicted molar refractivity (Wildman–Crippen MR) is 83.2 cm³/mol. The average Bonchev–Trinajstić information content (AvgIpc) is 2.99. The maximum Gasteiger partial charge on any atom is 0.250 e. The Hall–Kier alpha value is -1.49. The molecule has 108 valence electrons. The number of ether oxygens (including phenoxy) is 1. The molecule has 1 aliphatic rings. The highest BCUT2D eigenvalue weighted by molar-refractivity contribution is 7.99. The second-order valence-corrected chi connectivity index (χ2v) is 5.75. The lowest BCUT2D eigenvalue weighted by molar-refractivity contribution is -0.118. The number of nitrogens with zero attached hydrogens (tertiary/aromatic N) is 1. The summed E-state index contributed by atoms with van der Waals surface area (Å²) in [6.45, 7) is 0. The molecule has 0 bridgehead atoms. The predicted octanol–water partition coefficient (Wildman–Crippen LogP) is 2.97. The summed E-state index contributed by atoms with van der Waals surface area (Å²) in [7, 11) is 1.65. The number of hydrogen-bond donors (Lipinski definition) is 1. The number of nitrogens with one attached hydrogen (secondary N) is 1. The highest BCUT2D eigenvalue weighted by Crippen LogP contribution is 2.16. The van der Waals surface area contributed by atoms with Gasteiger partial charge < -0.3 is 4.74 Å². The molecule has 1 fully saturated rings. The first-order chi connectivity index (χ1) is 9.78. The van der Waals surface area contributed by atoms with Crippen LogP contribution < -0.4 is 10.2 Å². The fourth-order valence-electron chi connectivity index (χ4n) is 2.05. The Morgan fingerprint density at radius 1 is 1.30 bits per heavy atom. The van der Waals surface area contributed by atoms with Gasteiger partial charge in [-0.15, -0.1) is 11.8 Å². The number of benzene rings is 1. The van der Waals surface area contributed by atoms with Crippen molar-refractivity contribution in [2.24, 2.45) is 5.10 Å². The summed E-state index contributed by atoms with van der Waals surface area (Å²) in [6.07, 6.45) is 4.44. The molecule has 1 aromatic rings. The van der Waals surface area contributed by atoms with Crippen LogP contribution in [0.5, 0.6) is 5.75 Å². The number of thioether (sulfide) groups is 1. The van der Waals surface area contributed by atoms with E-state index in [1.807, 2.05) is 24.3 Å². The Bertz CT molecular complexity index is 463. The van der Waals surface area contributed by atoms with Crippen LogP contribution in [-0.4, -0.2) is 24.5 Å². The highest BCUT2D eigenvalue weighted by atomic mass is 32.2.